The minimum absolute atomic E-state index is 0.145. The van der Waals surface area contributed by atoms with Crippen molar-refractivity contribution in [1.82, 2.24) is 0 Å². The molecule has 17 heavy (non-hydrogen) atoms. The van der Waals surface area contributed by atoms with Crippen molar-refractivity contribution in [2.45, 2.75) is 13.0 Å². The van der Waals surface area contributed by atoms with Crippen LogP contribution in [0.2, 0.25) is 0 Å². The maximum Gasteiger partial charge on any atom is 0.124 e. The number of aryl methyl sites for hydroxylation is 1. The van der Waals surface area contributed by atoms with Crippen LogP contribution in [0.15, 0.2) is 33.4 Å². The van der Waals surface area contributed by atoms with Gasteiger partial charge in [0.15, 0.2) is 0 Å². The summed E-state index contributed by atoms with van der Waals surface area (Å²) >= 11 is 5.14. The summed E-state index contributed by atoms with van der Waals surface area (Å²) in [6.45, 7) is 2.08. The van der Waals surface area contributed by atoms with Crippen LogP contribution in [0.4, 0.5) is 0 Å². The van der Waals surface area contributed by atoms with Gasteiger partial charge in [-0.25, -0.2) is 0 Å². The number of hydrogen-bond acceptors (Lipinski definition) is 3. The summed E-state index contributed by atoms with van der Waals surface area (Å²) in [7, 11) is 1.67. The van der Waals surface area contributed by atoms with Crippen LogP contribution in [0, 0.1) is 6.92 Å². The number of thiophene rings is 1. The van der Waals surface area contributed by atoms with Gasteiger partial charge in [0, 0.05) is 10.0 Å². The van der Waals surface area contributed by atoms with E-state index in [4.69, 9.17) is 10.5 Å². The Kier molecular flexibility index (Phi) is 3.86. The van der Waals surface area contributed by atoms with Crippen molar-refractivity contribution < 1.29 is 4.74 Å². The van der Waals surface area contributed by atoms with Gasteiger partial charge in [-0.05, 0) is 47.0 Å². The molecule has 0 aliphatic heterocycles. The monoisotopic (exact) mass is 311 g/mol. The van der Waals surface area contributed by atoms with Gasteiger partial charge in [-0.15, -0.1) is 0 Å². The van der Waals surface area contributed by atoms with Gasteiger partial charge < -0.3 is 10.5 Å². The Morgan fingerprint density at radius 3 is 2.65 bits per heavy atom. The summed E-state index contributed by atoms with van der Waals surface area (Å²) in [6, 6.07) is 5.76. The quantitative estimate of drug-likeness (QED) is 0.933. The summed E-state index contributed by atoms with van der Waals surface area (Å²) in [5, 5.41) is 4.21. The minimum Gasteiger partial charge on any atom is -0.496 e. The molecule has 1 aromatic heterocycles. The number of nitrogens with two attached hydrogens (primary N) is 1. The van der Waals surface area contributed by atoms with Crippen LogP contribution in [-0.4, -0.2) is 7.11 Å². The molecule has 0 saturated heterocycles. The van der Waals surface area contributed by atoms with Crippen molar-refractivity contribution in [2.75, 3.05) is 7.11 Å². The molecule has 0 spiro atoms. The molecule has 0 fully saturated rings. The number of hydrogen-bond donors (Lipinski definition) is 1. The van der Waals surface area contributed by atoms with Gasteiger partial charge >= 0.3 is 0 Å². The Bertz CT molecular complexity index is 524. The van der Waals surface area contributed by atoms with Crippen LogP contribution in [-0.2, 0) is 0 Å². The first kappa shape index (κ1) is 12.6. The van der Waals surface area contributed by atoms with Crippen molar-refractivity contribution in [1.29, 1.82) is 0 Å². The minimum atomic E-state index is -0.145. The lowest BCUT2D eigenvalue weighted by molar-refractivity contribution is 0.407. The number of rotatable bonds is 3. The van der Waals surface area contributed by atoms with Crippen LogP contribution in [0.25, 0.3) is 0 Å². The first-order valence-corrected chi connectivity index (χ1v) is 6.98. The second-order valence-corrected chi connectivity index (χ2v) is 5.53. The molecule has 4 heteroatoms. The van der Waals surface area contributed by atoms with E-state index in [-0.39, 0.29) is 6.04 Å². The SMILES string of the molecule is COc1ccc(Br)cc1C(N)c1cscc1C. The van der Waals surface area contributed by atoms with E-state index in [0.29, 0.717) is 0 Å². The highest BCUT2D eigenvalue weighted by Gasteiger charge is 2.16. The van der Waals surface area contributed by atoms with Gasteiger partial charge in [0.2, 0.25) is 0 Å². The molecule has 1 atom stereocenters. The van der Waals surface area contributed by atoms with E-state index in [2.05, 4.69) is 33.6 Å². The highest BCUT2D eigenvalue weighted by atomic mass is 79.9. The number of halogens is 1. The topological polar surface area (TPSA) is 35.2 Å². The molecule has 1 unspecified atom stereocenters. The molecule has 1 heterocycles. The Morgan fingerprint density at radius 1 is 1.29 bits per heavy atom. The lowest BCUT2D eigenvalue weighted by atomic mass is 9.98. The molecular formula is C13H14BrNOS. The Labute approximate surface area is 114 Å². The highest BCUT2D eigenvalue weighted by molar-refractivity contribution is 9.10. The third-order valence-corrected chi connectivity index (χ3v) is 4.13. The summed E-state index contributed by atoms with van der Waals surface area (Å²) in [4.78, 5) is 0. The molecule has 0 aliphatic carbocycles. The van der Waals surface area contributed by atoms with E-state index in [1.54, 1.807) is 18.4 Å². The third-order valence-electron chi connectivity index (χ3n) is 2.76. The fourth-order valence-corrected chi connectivity index (χ4v) is 3.07. The zero-order valence-corrected chi connectivity index (χ0v) is 12.1. The largest absolute Gasteiger partial charge is 0.496 e. The van der Waals surface area contributed by atoms with Crippen molar-refractivity contribution in [2.24, 2.45) is 5.73 Å². The van der Waals surface area contributed by atoms with Crippen LogP contribution in [0.3, 0.4) is 0 Å². The molecule has 0 amide bonds. The van der Waals surface area contributed by atoms with E-state index < -0.39 is 0 Å². The standard InChI is InChI=1S/C13H14BrNOS/c1-8-6-17-7-11(8)13(15)10-5-9(14)3-4-12(10)16-2/h3-7,13H,15H2,1-2H3. The van der Waals surface area contributed by atoms with Gasteiger partial charge in [-0.1, -0.05) is 15.9 Å². The molecule has 0 saturated carbocycles. The van der Waals surface area contributed by atoms with E-state index in [9.17, 15) is 0 Å². The van der Waals surface area contributed by atoms with Crippen LogP contribution >= 0.6 is 27.3 Å². The number of ether oxygens (including phenoxy) is 1. The van der Waals surface area contributed by atoms with Gasteiger partial charge in [-0.3, -0.25) is 0 Å². The highest BCUT2D eigenvalue weighted by Crippen LogP contribution is 2.33. The van der Waals surface area contributed by atoms with Crippen molar-refractivity contribution in [3.05, 3.63) is 50.1 Å². The Morgan fingerprint density at radius 2 is 2.06 bits per heavy atom. The molecule has 2 rings (SSSR count). The fourth-order valence-electron chi connectivity index (χ4n) is 1.80. The predicted octanol–water partition coefficient (Wildman–Crippen LogP) is 3.88. The molecule has 1 aromatic carbocycles. The van der Waals surface area contributed by atoms with Crippen LogP contribution in [0.1, 0.15) is 22.7 Å². The molecule has 90 valence electrons. The molecule has 2 aromatic rings. The second-order valence-electron chi connectivity index (χ2n) is 3.87. The van der Waals surface area contributed by atoms with Crippen molar-refractivity contribution in [3.63, 3.8) is 0 Å². The second kappa shape index (κ2) is 5.21. The van der Waals surface area contributed by atoms with Gasteiger partial charge in [-0.2, -0.15) is 11.3 Å². The third kappa shape index (κ3) is 2.54. The normalized spacial score (nSPS) is 12.5. The smallest absolute Gasteiger partial charge is 0.124 e. The molecule has 0 bridgehead atoms. The summed E-state index contributed by atoms with van der Waals surface area (Å²) in [5.41, 5.74) is 9.70. The van der Waals surface area contributed by atoms with Gasteiger partial charge in [0.1, 0.15) is 5.75 Å². The van der Waals surface area contributed by atoms with Gasteiger partial charge in [0.05, 0.1) is 13.2 Å². The summed E-state index contributed by atoms with van der Waals surface area (Å²) < 4.78 is 6.37. The average molecular weight is 312 g/mol. The van der Waals surface area contributed by atoms with Gasteiger partial charge in [0.25, 0.3) is 0 Å². The molecule has 0 radical (unpaired) electrons. The lowest BCUT2D eigenvalue weighted by Crippen LogP contribution is -2.13. The van der Waals surface area contributed by atoms with Crippen LogP contribution < -0.4 is 10.5 Å². The van der Waals surface area contributed by atoms with Crippen molar-refractivity contribution in [3.8, 4) is 5.75 Å². The zero-order valence-electron chi connectivity index (χ0n) is 9.74. The number of benzene rings is 1. The molecule has 2 nitrogen and oxygen atoms in total. The van der Waals surface area contributed by atoms with E-state index in [1.807, 2.05) is 18.2 Å². The maximum absolute atomic E-state index is 6.31. The zero-order chi connectivity index (χ0) is 12.4. The first-order valence-electron chi connectivity index (χ1n) is 5.25. The Hall–Kier alpha value is -0.840. The van der Waals surface area contributed by atoms with Crippen molar-refractivity contribution >= 4 is 27.3 Å². The predicted molar refractivity (Wildman–Crippen MR) is 75.8 cm³/mol. The maximum atomic E-state index is 6.31. The van der Waals surface area contributed by atoms with E-state index >= 15 is 0 Å². The van der Waals surface area contributed by atoms with E-state index in [1.165, 1.54) is 5.56 Å². The first-order chi connectivity index (χ1) is 8.13. The summed E-state index contributed by atoms with van der Waals surface area (Å²) in [6.07, 6.45) is 0. The molecule has 0 aliphatic rings. The fraction of sp³-hybridized carbons (Fsp3) is 0.231. The number of methoxy groups -OCH3 is 1. The van der Waals surface area contributed by atoms with Crippen LogP contribution in [0.5, 0.6) is 5.75 Å². The average Bonchev–Trinajstić information content (AvgIpc) is 2.74. The molecular weight excluding hydrogens is 298 g/mol. The lowest BCUT2D eigenvalue weighted by Gasteiger charge is -2.16. The Balaban J connectivity index is 2.46. The molecule has 2 N–H and O–H groups in total. The van der Waals surface area contributed by atoms with E-state index in [0.717, 1.165) is 21.3 Å². The summed E-state index contributed by atoms with van der Waals surface area (Å²) in [5.74, 6) is 0.825.